The number of benzene rings is 1. The highest BCUT2D eigenvalue weighted by Gasteiger charge is 2.21. The van der Waals surface area contributed by atoms with E-state index in [2.05, 4.69) is 24.1 Å². The average molecular weight is 308 g/mol. The van der Waals surface area contributed by atoms with Crippen LogP contribution in [0.4, 0.5) is 5.69 Å². The number of rotatable bonds is 4. The number of anilines is 1. The molecule has 0 fully saturated rings. The molecule has 3 N–H and O–H groups in total. The third-order valence-electron chi connectivity index (χ3n) is 3.07. The van der Waals surface area contributed by atoms with E-state index in [1.807, 2.05) is 14.1 Å². The van der Waals surface area contributed by atoms with Crippen LogP contribution in [0.15, 0.2) is 24.3 Å². The van der Waals surface area contributed by atoms with Crippen molar-refractivity contribution in [3.05, 3.63) is 29.8 Å². The van der Waals surface area contributed by atoms with Gasteiger partial charge in [-0.25, -0.2) is 0 Å². The Kier molecular flexibility index (Phi) is 8.84. The van der Waals surface area contributed by atoms with Crippen molar-refractivity contribution in [1.82, 2.24) is 10.2 Å². The molecule has 0 heterocycles. The molecule has 1 aromatic carbocycles. The molecule has 0 aliphatic heterocycles. The lowest BCUT2D eigenvalue weighted by atomic mass is 10.0. The second kappa shape index (κ2) is 8.25. The number of halogens is 2. The molecule has 0 aromatic heterocycles. The maximum atomic E-state index is 11.9. The van der Waals surface area contributed by atoms with Crippen LogP contribution in [0.2, 0.25) is 0 Å². The van der Waals surface area contributed by atoms with E-state index in [1.54, 1.807) is 24.3 Å². The smallest absolute Gasteiger partial charge is 0.251 e. The fourth-order valence-electron chi connectivity index (χ4n) is 1.19. The van der Waals surface area contributed by atoms with Gasteiger partial charge < -0.3 is 16.0 Å². The van der Waals surface area contributed by atoms with Crippen molar-refractivity contribution in [1.29, 1.82) is 0 Å². The Labute approximate surface area is 127 Å². The van der Waals surface area contributed by atoms with E-state index in [9.17, 15) is 4.79 Å². The zero-order valence-corrected chi connectivity index (χ0v) is 13.4. The van der Waals surface area contributed by atoms with E-state index < -0.39 is 0 Å². The normalized spacial score (nSPS) is 10.4. The Morgan fingerprint density at radius 3 is 2.11 bits per heavy atom. The van der Waals surface area contributed by atoms with Crippen LogP contribution in [-0.2, 0) is 0 Å². The monoisotopic (exact) mass is 307 g/mol. The Balaban J connectivity index is 0. The Hall–Kier alpha value is -0.970. The zero-order valence-electron chi connectivity index (χ0n) is 11.8. The standard InChI is InChI=1S/C13H21N3O.2ClH/c1-13(2,16(3)4)9-15-12(17)10-5-7-11(14)8-6-10;;/h5-8H,9,14H2,1-4H3,(H,15,17);2*1H. The summed E-state index contributed by atoms with van der Waals surface area (Å²) < 4.78 is 0. The van der Waals surface area contributed by atoms with Crippen LogP contribution in [0, 0.1) is 0 Å². The molecule has 19 heavy (non-hydrogen) atoms. The van der Waals surface area contributed by atoms with Gasteiger partial charge >= 0.3 is 0 Å². The molecule has 0 bridgehead atoms. The van der Waals surface area contributed by atoms with Gasteiger partial charge in [-0.1, -0.05) is 0 Å². The lowest BCUT2D eigenvalue weighted by molar-refractivity contribution is 0.0919. The summed E-state index contributed by atoms with van der Waals surface area (Å²) in [5, 5.41) is 2.92. The van der Waals surface area contributed by atoms with Gasteiger partial charge in [0.1, 0.15) is 0 Å². The molecule has 0 aliphatic carbocycles. The maximum absolute atomic E-state index is 11.9. The number of carbonyl (C=O) groups excluding carboxylic acids is 1. The van der Waals surface area contributed by atoms with Gasteiger partial charge in [0.2, 0.25) is 0 Å². The number of amides is 1. The molecule has 0 aliphatic rings. The van der Waals surface area contributed by atoms with E-state index in [1.165, 1.54) is 0 Å². The molecule has 0 unspecified atom stereocenters. The van der Waals surface area contributed by atoms with Crippen LogP contribution >= 0.6 is 24.8 Å². The van der Waals surface area contributed by atoms with Gasteiger partial charge in [0.25, 0.3) is 5.91 Å². The molecule has 0 saturated carbocycles. The van der Waals surface area contributed by atoms with Crippen molar-refractivity contribution in [2.24, 2.45) is 0 Å². The Morgan fingerprint density at radius 1 is 1.21 bits per heavy atom. The van der Waals surface area contributed by atoms with E-state index in [0.29, 0.717) is 17.8 Å². The zero-order chi connectivity index (χ0) is 13.1. The molecule has 1 amide bonds. The number of nitrogen functional groups attached to an aromatic ring is 1. The molecule has 0 spiro atoms. The minimum atomic E-state index is -0.0695. The average Bonchev–Trinajstić information content (AvgIpc) is 2.27. The maximum Gasteiger partial charge on any atom is 0.251 e. The second-order valence-electron chi connectivity index (χ2n) is 5.01. The summed E-state index contributed by atoms with van der Waals surface area (Å²) in [6, 6.07) is 6.92. The highest BCUT2D eigenvalue weighted by molar-refractivity contribution is 5.94. The summed E-state index contributed by atoms with van der Waals surface area (Å²) in [4.78, 5) is 13.9. The van der Waals surface area contributed by atoms with Gasteiger partial charge in [0.05, 0.1) is 0 Å². The Morgan fingerprint density at radius 2 is 1.68 bits per heavy atom. The number of nitrogens with two attached hydrogens (primary N) is 1. The molecule has 0 atom stereocenters. The third kappa shape index (κ3) is 6.14. The van der Waals surface area contributed by atoms with Gasteiger partial charge in [-0.15, -0.1) is 24.8 Å². The topological polar surface area (TPSA) is 58.4 Å². The number of likely N-dealkylation sites (N-methyl/N-ethyl adjacent to an activating group) is 1. The van der Waals surface area contributed by atoms with Crippen molar-refractivity contribution in [2.45, 2.75) is 19.4 Å². The molecule has 0 saturated heterocycles. The third-order valence-corrected chi connectivity index (χ3v) is 3.07. The molecule has 110 valence electrons. The fourth-order valence-corrected chi connectivity index (χ4v) is 1.19. The van der Waals surface area contributed by atoms with Gasteiger partial charge in [0, 0.05) is 23.3 Å². The number of hydrogen-bond acceptors (Lipinski definition) is 3. The lowest BCUT2D eigenvalue weighted by Crippen LogP contribution is -2.48. The molecule has 1 rings (SSSR count). The van der Waals surface area contributed by atoms with Crippen molar-refractivity contribution in [3.63, 3.8) is 0 Å². The molecular formula is C13H23Cl2N3O. The number of carbonyl (C=O) groups is 1. The molecule has 1 aromatic rings. The van der Waals surface area contributed by atoms with Gasteiger partial charge in [0.15, 0.2) is 0 Å². The Bertz CT molecular complexity index is 391. The van der Waals surface area contributed by atoms with E-state index in [-0.39, 0.29) is 36.3 Å². The van der Waals surface area contributed by atoms with Crippen LogP contribution in [-0.4, -0.2) is 37.0 Å². The highest BCUT2D eigenvalue weighted by Crippen LogP contribution is 2.09. The van der Waals surface area contributed by atoms with Crippen LogP contribution in [0.1, 0.15) is 24.2 Å². The molecule has 6 heteroatoms. The fraction of sp³-hybridized carbons (Fsp3) is 0.462. The minimum Gasteiger partial charge on any atom is -0.399 e. The van der Waals surface area contributed by atoms with Crippen molar-refractivity contribution >= 4 is 36.4 Å². The van der Waals surface area contributed by atoms with Gasteiger partial charge in [-0.05, 0) is 52.2 Å². The van der Waals surface area contributed by atoms with E-state index >= 15 is 0 Å². The molecule has 4 nitrogen and oxygen atoms in total. The second-order valence-corrected chi connectivity index (χ2v) is 5.01. The van der Waals surface area contributed by atoms with Crippen LogP contribution in [0.25, 0.3) is 0 Å². The first kappa shape index (κ1) is 20.3. The van der Waals surface area contributed by atoms with Crippen LogP contribution < -0.4 is 11.1 Å². The summed E-state index contributed by atoms with van der Waals surface area (Å²) >= 11 is 0. The molecule has 0 radical (unpaired) electrons. The summed E-state index contributed by atoms with van der Waals surface area (Å²) in [6.45, 7) is 4.76. The highest BCUT2D eigenvalue weighted by atomic mass is 35.5. The first-order chi connectivity index (χ1) is 7.83. The number of nitrogens with one attached hydrogen (secondary N) is 1. The summed E-state index contributed by atoms with van der Waals surface area (Å²) in [5.41, 5.74) is 6.80. The van der Waals surface area contributed by atoms with E-state index in [0.717, 1.165) is 0 Å². The predicted molar refractivity (Wildman–Crippen MR) is 85.4 cm³/mol. The van der Waals surface area contributed by atoms with Crippen molar-refractivity contribution < 1.29 is 4.79 Å². The summed E-state index contributed by atoms with van der Waals surface area (Å²) in [5.74, 6) is -0.0695. The van der Waals surface area contributed by atoms with Gasteiger partial charge in [-0.2, -0.15) is 0 Å². The molecular weight excluding hydrogens is 285 g/mol. The van der Waals surface area contributed by atoms with Crippen molar-refractivity contribution in [3.8, 4) is 0 Å². The first-order valence-electron chi connectivity index (χ1n) is 5.64. The number of hydrogen-bond donors (Lipinski definition) is 2. The lowest BCUT2D eigenvalue weighted by Gasteiger charge is -2.32. The first-order valence-corrected chi connectivity index (χ1v) is 5.64. The summed E-state index contributed by atoms with van der Waals surface area (Å²) in [6.07, 6.45) is 0. The number of nitrogens with zero attached hydrogens (tertiary/aromatic N) is 1. The van der Waals surface area contributed by atoms with E-state index in [4.69, 9.17) is 5.73 Å². The largest absolute Gasteiger partial charge is 0.399 e. The predicted octanol–water partition coefficient (Wildman–Crippen LogP) is 2.18. The SMILES string of the molecule is CN(C)C(C)(C)CNC(=O)c1ccc(N)cc1.Cl.Cl. The van der Waals surface area contributed by atoms with Crippen molar-refractivity contribution in [2.75, 3.05) is 26.4 Å². The summed E-state index contributed by atoms with van der Waals surface area (Å²) in [7, 11) is 3.99. The quantitative estimate of drug-likeness (QED) is 0.838. The van der Waals surface area contributed by atoms with Gasteiger partial charge in [-0.3, -0.25) is 4.79 Å². The van der Waals surface area contributed by atoms with Crippen LogP contribution in [0.3, 0.4) is 0 Å². The van der Waals surface area contributed by atoms with Crippen LogP contribution in [0.5, 0.6) is 0 Å². The minimum absolute atomic E-state index is 0.